The molecule has 0 aliphatic carbocycles. The van der Waals surface area contributed by atoms with E-state index in [1.165, 1.54) is 6.08 Å². The van der Waals surface area contributed by atoms with Crippen LogP contribution in [-0.2, 0) is 10.2 Å². The Kier molecular flexibility index (Phi) is 2.44. The molecule has 0 bridgehead atoms. The molecule has 6 heteroatoms. The fraction of sp³-hybridized carbons (Fsp3) is 0.111. The number of hydrogen-bond acceptors (Lipinski definition) is 3. The standard InChI is InChI=1S/C9H6ClFO3S/c10-8-3-1-2-6-4-7(15(11,12)13)5-14-9(6)8/h1-4H,5H2. The molecule has 0 amide bonds. The number of hydrogen-bond donors (Lipinski definition) is 0. The lowest BCUT2D eigenvalue weighted by Gasteiger charge is -2.16. The Bertz CT molecular complexity index is 536. The van der Waals surface area contributed by atoms with E-state index in [1.807, 2.05) is 0 Å². The molecule has 3 nitrogen and oxygen atoms in total. The minimum absolute atomic E-state index is 0.324. The molecule has 1 aliphatic rings. The lowest BCUT2D eigenvalue weighted by atomic mass is 10.1. The summed E-state index contributed by atoms with van der Waals surface area (Å²) >= 11 is 5.81. The van der Waals surface area contributed by atoms with Crippen LogP contribution >= 0.6 is 11.6 Å². The van der Waals surface area contributed by atoms with E-state index >= 15 is 0 Å². The highest BCUT2D eigenvalue weighted by Crippen LogP contribution is 2.34. The third-order valence-electron chi connectivity index (χ3n) is 1.99. The van der Waals surface area contributed by atoms with Crippen molar-refractivity contribution in [1.82, 2.24) is 0 Å². The zero-order valence-electron chi connectivity index (χ0n) is 7.41. The number of benzene rings is 1. The van der Waals surface area contributed by atoms with Crippen LogP contribution < -0.4 is 4.74 Å². The molecule has 0 atom stereocenters. The van der Waals surface area contributed by atoms with E-state index in [0.29, 0.717) is 16.3 Å². The minimum Gasteiger partial charge on any atom is -0.486 e. The number of ether oxygens (including phenoxy) is 1. The summed E-state index contributed by atoms with van der Waals surface area (Å²) in [6.45, 7) is -0.324. The van der Waals surface area contributed by atoms with Crippen LogP contribution in [0.25, 0.3) is 6.08 Å². The quantitative estimate of drug-likeness (QED) is 0.717. The lowest BCUT2D eigenvalue weighted by molar-refractivity contribution is 0.352. The maximum Gasteiger partial charge on any atom is 0.331 e. The van der Waals surface area contributed by atoms with Crippen LogP contribution in [0.15, 0.2) is 23.1 Å². The van der Waals surface area contributed by atoms with Crippen LogP contribution in [0.4, 0.5) is 3.89 Å². The van der Waals surface area contributed by atoms with E-state index in [2.05, 4.69) is 0 Å². The Morgan fingerprint density at radius 1 is 1.40 bits per heavy atom. The number of fused-ring (bicyclic) bond motifs is 1. The zero-order chi connectivity index (χ0) is 11.1. The van der Waals surface area contributed by atoms with Crippen molar-refractivity contribution >= 4 is 27.9 Å². The molecule has 1 aromatic carbocycles. The topological polar surface area (TPSA) is 43.4 Å². The van der Waals surface area contributed by atoms with Crippen LogP contribution in [0, 0.1) is 0 Å². The first-order valence-corrected chi connectivity index (χ1v) is 5.81. The number of halogens is 2. The van der Waals surface area contributed by atoms with Crippen LogP contribution in [0.5, 0.6) is 5.75 Å². The predicted molar refractivity (Wildman–Crippen MR) is 55.0 cm³/mol. The average Bonchev–Trinajstić information content (AvgIpc) is 2.16. The molecule has 0 saturated heterocycles. The van der Waals surface area contributed by atoms with E-state index < -0.39 is 15.1 Å². The molecule has 0 fully saturated rings. The number of para-hydroxylation sites is 1. The van der Waals surface area contributed by atoms with Crippen molar-refractivity contribution in [2.45, 2.75) is 0 Å². The minimum atomic E-state index is -4.69. The first kappa shape index (κ1) is 10.4. The molecule has 0 aromatic heterocycles. The summed E-state index contributed by atoms with van der Waals surface area (Å²) in [7, 11) is -4.69. The van der Waals surface area contributed by atoms with Crippen LogP contribution in [0.3, 0.4) is 0 Å². The van der Waals surface area contributed by atoms with Gasteiger partial charge in [-0.05, 0) is 12.1 Å². The maximum atomic E-state index is 12.7. The average molecular weight is 249 g/mol. The van der Waals surface area contributed by atoms with E-state index in [4.69, 9.17) is 16.3 Å². The van der Waals surface area contributed by atoms with Crippen molar-refractivity contribution < 1.29 is 17.0 Å². The molecule has 0 radical (unpaired) electrons. The third-order valence-corrected chi connectivity index (χ3v) is 3.15. The molecular formula is C9H6ClFO3S. The first-order chi connectivity index (χ1) is 6.98. The van der Waals surface area contributed by atoms with Crippen molar-refractivity contribution in [3.63, 3.8) is 0 Å². The monoisotopic (exact) mass is 248 g/mol. The summed E-state index contributed by atoms with van der Waals surface area (Å²) in [5, 5.41) is 0.374. The van der Waals surface area contributed by atoms with Crippen LogP contribution in [-0.4, -0.2) is 15.0 Å². The third kappa shape index (κ3) is 1.98. The zero-order valence-corrected chi connectivity index (χ0v) is 8.98. The van der Waals surface area contributed by atoms with Gasteiger partial charge in [0.1, 0.15) is 17.3 Å². The smallest absolute Gasteiger partial charge is 0.331 e. The molecular weight excluding hydrogens is 243 g/mol. The van der Waals surface area contributed by atoms with E-state index in [-0.39, 0.29) is 6.61 Å². The van der Waals surface area contributed by atoms with E-state index in [0.717, 1.165) is 0 Å². The molecule has 0 spiro atoms. The highest BCUT2D eigenvalue weighted by molar-refractivity contribution is 7.90. The summed E-state index contributed by atoms with van der Waals surface area (Å²) in [6, 6.07) is 4.85. The largest absolute Gasteiger partial charge is 0.486 e. The maximum absolute atomic E-state index is 12.7. The Hall–Kier alpha value is -1.07. The molecule has 1 aliphatic heterocycles. The second-order valence-electron chi connectivity index (χ2n) is 3.00. The van der Waals surface area contributed by atoms with Crippen molar-refractivity contribution in [3.05, 3.63) is 33.7 Å². The second kappa shape index (κ2) is 3.50. The predicted octanol–water partition coefficient (Wildman–Crippen LogP) is 2.37. The van der Waals surface area contributed by atoms with Crippen molar-refractivity contribution in [2.75, 3.05) is 6.61 Å². The van der Waals surface area contributed by atoms with Gasteiger partial charge in [-0.2, -0.15) is 8.42 Å². The molecule has 0 N–H and O–H groups in total. The Balaban J connectivity index is 2.56. The molecule has 1 heterocycles. The highest BCUT2D eigenvalue weighted by atomic mass is 35.5. The Morgan fingerprint density at radius 3 is 2.80 bits per heavy atom. The lowest BCUT2D eigenvalue weighted by Crippen LogP contribution is -2.12. The van der Waals surface area contributed by atoms with E-state index in [1.54, 1.807) is 18.2 Å². The van der Waals surface area contributed by atoms with Crippen molar-refractivity contribution in [2.24, 2.45) is 0 Å². The summed E-state index contributed by atoms with van der Waals surface area (Å²) in [5.41, 5.74) is 0.463. The van der Waals surface area contributed by atoms with Gasteiger partial charge in [-0.1, -0.05) is 23.7 Å². The van der Waals surface area contributed by atoms with Gasteiger partial charge in [0.05, 0.1) is 5.02 Å². The van der Waals surface area contributed by atoms with Crippen molar-refractivity contribution in [3.8, 4) is 5.75 Å². The summed E-state index contributed by atoms with van der Waals surface area (Å²) in [4.78, 5) is -0.391. The fourth-order valence-corrected chi connectivity index (χ4v) is 1.99. The first-order valence-electron chi connectivity index (χ1n) is 4.05. The summed E-state index contributed by atoms with van der Waals surface area (Å²) in [6.07, 6.45) is 1.22. The van der Waals surface area contributed by atoms with Gasteiger partial charge < -0.3 is 4.74 Å². The summed E-state index contributed by atoms with van der Waals surface area (Å²) in [5.74, 6) is 0.381. The Morgan fingerprint density at radius 2 is 2.13 bits per heavy atom. The SMILES string of the molecule is O=S(=O)(F)C1=Cc2cccc(Cl)c2OC1. The van der Waals surface area contributed by atoms with Gasteiger partial charge in [0.2, 0.25) is 0 Å². The Labute approximate surface area is 91.3 Å². The molecule has 80 valence electrons. The number of rotatable bonds is 1. The van der Waals surface area contributed by atoms with Gasteiger partial charge in [0, 0.05) is 5.56 Å². The molecule has 0 saturated carbocycles. The van der Waals surface area contributed by atoms with Crippen molar-refractivity contribution in [1.29, 1.82) is 0 Å². The van der Waals surface area contributed by atoms with Gasteiger partial charge in [-0.15, -0.1) is 3.89 Å². The molecule has 15 heavy (non-hydrogen) atoms. The van der Waals surface area contributed by atoms with Gasteiger partial charge in [-0.25, -0.2) is 0 Å². The van der Waals surface area contributed by atoms with Gasteiger partial charge in [-0.3, -0.25) is 0 Å². The van der Waals surface area contributed by atoms with Crippen LogP contribution in [0.2, 0.25) is 5.02 Å². The highest BCUT2D eigenvalue weighted by Gasteiger charge is 2.23. The fourth-order valence-electron chi connectivity index (χ4n) is 1.29. The van der Waals surface area contributed by atoms with Gasteiger partial charge in [0.15, 0.2) is 0 Å². The molecule has 1 aromatic rings. The molecule has 2 rings (SSSR count). The molecule has 0 unspecified atom stereocenters. The summed E-state index contributed by atoms with van der Waals surface area (Å²) < 4.78 is 39.0. The second-order valence-corrected chi connectivity index (χ2v) is 4.80. The van der Waals surface area contributed by atoms with E-state index in [9.17, 15) is 12.3 Å². The van der Waals surface area contributed by atoms with Gasteiger partial charge >= 0.3 is 10.2 Å². The normalized spacial score (nSPS) is 15.2. The van der Waals surface area contributed by atoms with Crippen LogP contribution in [0.1, 0.15) is 5.56 Å². The van der Waals surface area contributed by atoms with Gasteiger partial charge in [0.25, 0.3) is 0 Å².